The van der Waals surface area contributed by atoms with Crippen LogP contribution in [0.4, 0.5) is 4.79 Å². The minimum Gasteiger partial charge on any atom is -0.465 e. The highest BCUT2D eigenvalue weighted by Crippen LogP contribution is 2.20. The summed E-state index contributed by atoms with van der Waals surface area (Å²) in [7, 11) is 0. The van der Waals surface area contributed by atoms with Crippen molar-refractivity contribution in [1.29, 1.82) is 0 Å². The fourth-order valence-corrected chi connectivity index (χ4v) is 2.11. The second-order valence-electron chi connectivity index (χ2n) is 5.73. The molecule has 19 heavy (non-hydrogen) atoms. The zero-order chi connectivity index (χ0) is 14.8. The summed E-state index contributed by atoms with van der Waals surface area (Å²) >= 11 is 0. The van der Waals surface area contributed by atoms with E-state index < -0.39 is 17.7 Å². The highest BCUT2D eigenvalue weighted by molar-refractivity contribution is 6.01. The molecule has 104 valence electrons. The molecule has 0 spiro atoms. The van der Waals surface area contributed by atoms with Crippen LogP contribution in [0.5, 0.6) is 0 Å². The van der Waals surface area contributed by atoms with Crippen molar-refractivity contribution >= 4 is 11.9 Å². The summed E-state index contributed by atoms with van der Waals surface area (Å²) in [5, 5.41) is 9.29. The summed E-state index contributed by atoms with van der Waals surface area (Å²) in [6.07, 6.45) is -1.08. The highest BCUT2D eigenvalue weighted by atomic mass is 16.4. The number of Topliss-reactive ketones (excluding diaryl/α,β-unsaturated/α-hetero) is 1. The maximum absolute atomic E-state index is 12.3. The van der Waals surface area contributed by atoms with Gasteiger partial charge in [0.2, 0.25) is 0 Å². The molecule has 1 aromatic carbocycles. The van der Waals surface area contributed by atoms with Crippen LogP contribution in [-0.2, 0) is 0 Å². The predicted molar refractivity (Wildman–Crippen MR) is 74.6 cm³/mol. The molecular formula is C15H21NO3. The molecule has 0 aliphatic rings. The number of carbonyl (C=O) groups excluding carboxylic acids is 1. The zero-order valence-electron chi connectivity index (χ0n) is 12.1. The maximum atomic E-state index is 12.3. The lowest BCUT2D eigenvalue weighted by Crippen LogP contribution is -2.52. The molecule has 0 bridgehead atoms. The third kappa shape index (κ3) is 3.56. The Morgan fingerprint density at radius 3 is 2.00 bits per heavy atom. The average molecular weight is 263 g/mol. The van der Waals surface area contributed by atoms with Gasteiger partial charge in [-0.25, -0.2) is 4.79 Å². The largest absolute Gasteiger partial charge is 0.465 e. The van der Waals surface area contributed by atoms with Crippen molar-refractivity contribution in [2.24, 2.45) is 0 Å². The fourth-order valence-electron chi connectivity index (χ4n) is 2.11. The third-order valence-electron chi connectivity index (χ3n) is 3.03. The third-order valence-corrected chi connectivity index (χ3v) is 3.03. The van der Waals surface area contributed by atoms with Gasteiger partial charge in [0.15, 0.2) is 5.78 Å². The van der Waals surface area contributed by atoms with Crippen LogP contribution >= 0.6 is 0 Å². The molecule has 0 aromatic heterocycles. The topological polar surface area (TPSA) is 57.6 Å². The number of amides is 1. The Morgan fingerprint density at radius 2 is 1.63 bits per heavy atom. The summed E-state index contributed by atoms with van der Waals surface area (Å²) in [6, 6.07) is 6.46. The standard InChI is InChI=1S/C15H21NO3/c1-10-6-8-12(9-7-10)13(17)11(2)16(14(18)19)15(3,4)5/h6-9,11H,1-5H3,(H,18,19). The average Bonchev–Trinajstić information content (AvgIpc) is 2.26. The zero-order valence-corrected chi connectivity index (χ0v) is 12.1. The molecule has 1 atom stereocenters. The van der Waals surface area contributed by atoms with E-state index in [1.165, 1.54) is 4.90 Å². The van der Waals surface area contributed by atoms with Gasteiger partial charge in [-0.05, 0) is 34.6 Å². The van der Waals surface area contributed by atoms with Gasteiger partial charge >= 0.3 is 6.09 Å². The summed E-state index contributed by atoms with van der Waals surface area (Å²) < 4.78 is 0. The normalized spacial score (nSPS) is 12.9. The summed E-state index contributed by atoms with van der Waals surface area (Å²) in [5.41, 5.74) is 0.981. The number of benzene rings is 1. The lowest BCUT2D eigenvalue weighted by atomic mass is 9.98. The van der Waals surface area contributed by atoms with Gasteiger partial charge < -0.3 is 5.11 Å². The summed E-state index contributed by atoms with van der Waals surface area (Å²) in [5.74, 6) is -0.183. The minimum atomic E-state index is -1.08. The van der Waals surface area contributed by atoms with Crippen molar-refractivity contribution in [3.05, 3.63) is 35.4 Å². The van der Waals surface area contributed by atoms with Crippen LogP contribution in [0.3, 0.4) is 0 Å². The Balaban J connectivity index is 3.04. The second-order valence-corrected chi connectivity index (χ2v) is 5.73. The van der Waals surface area contributed by atoms with Crippen LogP contribution in [0.1, 0.15) is 43.6 Å². The van der Waals surface area contributed by atoms with E-state index in [0.29, 0.717) is 5.56 Å². The number of carboxylic acid groups (broad SMARTS) is 1. The molecule has 0 radical (unpaired) electrons. The van der Waals surface area contributed by atoms with E-state index in [2.05, 4.69) is 0 Å². The van der Waals surface area contributed by atoms with Gasteiger partial charge in [0.1, 0.15) is 0 Å². The number of ketones is 1. The van der Waals surface area contributed by atoms with Gasteiger partial charge in [-0.1, -0.05) is 29.8 Å². The van der Waals surface area contributed by atoms with E-state index >= 15 is 0 Å². The smallest absolute Gasteiger partial charge is 0.408 e. The quantitative estimate of drug-likeness (QED) is 0.851. The van der Waals surface area contributed by atoms with Crippen molar-refractivity contribution in [1.82, 2.24) is 4.90 Å². The summed E-state index contributed by atoms with van der Waals surface area (Å²) in [4.78, 5) is 24.9. The Hall–Kier alpha value is -1.84. The van der Waals surface area contributed by atoms with Crippen molar-refractivity contribution in [3.63, 3.8) is 0 Å². The number of rotatable bonds is 3. The van der Waals surface area contributed by atoms with Crippen LogP contribution in [0.25, 0.3) is 0 Å². The Bertz CT molecular complexity index is 471. The lowest BCUT2D eigenvalue weighted by molar-refractivity contribution is 0.0589. The molecule has 0 heterocycles. The molecule has 0 saturated carbocycles. The Labute approximate surface area is 114 Å². The van der Waals surface area contributed by atoms with Gasteiger partial charge in [0, 0.05) is 11.1 Å². The molecule has 1 N–H and O–H groups in total. The van der Waals surface area contributed by atoms with Crippen molar-refractivity contribution in [2.75, 3.05) is 0 Å². The van der Waals surface area contributed by atoms with Gasteiger partial charge in [0.05, 0.1) is 6.04 Å². The van der Waals surface area contributed by atoms with Gasteiger partial charge in [0.25, 0.3) is 0 Å². The van der Waals surface area contributed by atoms with Crippen LogP contribution in [-0.4, -0.2) is 33.5 Å². The molecule has 0 fully saturated rings. The Morgan fingerprint density at radius 1 is 1.16 bits per heavy atom. The molecule has 1 rings (SSSR count). The first-order chi connectivity index (χ1) is 8.64. The number of nitrogens with zero attached hydrogens (tertiary/aromatic N) is 1. The fraction of sp³-hybridized carbons (Fsp3) is 0.467. The molecule has 1 unspecified atom stereocenters. The molecule has 0 saturated heterocycles. The van der Waals surface area contributed by atoms with Crippen LogP contribution in [0.15, 0.2) is 24.3 Å². The van der Waals surface area contributed by atoms with E-state index in [1.807, 2.05) is 19.1 Å². The molecule has 0 aliphatic carbocycles. The van der Waals surface area contributed by atoms with Gasteiger partial charge in [-0.3, -0.25) is 9.69 Å². The van der Waals surface area contributed by atoms with Crippen LogP contribution in [0, 0.1) is 6.92 Å². The number of aryl methyl sites for hydroxylation is 1. The molecule has 4 heteroatoms. The van der Waals surface area contributed by atoms with Gasteiger partial charge in [-0.15, -0.1) is 0 Å². The first-order valence-electron chi connectivity index (χ1n) is 6.27. The number of hydrogen-bond donors (Lipinski definition) is 1. The van der Waals surface area contributed by atoms with Crippen molar-refractivity contribution in [2.45, 2.75) is 46.2 Å². The molecular weight excluding hydrogens is 242 g/mol. The highest BCUT2D eigenvalue weighted by Gasteiger charge is 2.34. The number of carbonyl (C=O) groups is 2. The van der Waals surface area contributed by atoms with E-state index in [1.54, 1.807) is 39.8 Å². The van der Waals surface area contributed by atoms with Crippen LogP contribution < -0.4 is 0 Å². The molecule has 0 aliphatic heterocycles. The molecule has 4 nitrogen and oxygen atoms in total. The molecule has 1 aromatic rings. The Kier molecular flexibility index (Phi) is 4.35. The SMILES string of the molecule is Cc1ccc(C(=O)C(C)N(C(=O)O)C(C)(C)C)cc1. The minimum absolute atomic E-state index is 0.183. The van der Waals surface area contributed by atoms with Crippen molar-refractivity contribution in [3.8, 4) is 0 Å². The van der Waals surface area contributed by atoms with Gasteiger partial charge in [-0.2, -0.15) is 0 Å². The van der Waals surface area contributed by atoms with E-state index in [-0.39, 0.29) is 5.78 Å². The van der Waals surface area contributed by atoms with E-state index in [9.17, 15) is 14.7 Å². The van der Waals surface area contributed by atoms with Crippen LogP contribution in [0.2, 0.25) is 0 Å². The first kappa shape index (κ1) is 15.2. The predicted octanol–water partition coefficient (Wildman–Crippen LogP) is 3.34. The van der Waals surface area contributed by atoms with E-state index in [4.69, 9.17) is 0 Å². The molecule has 1 amide bonds. The maximum Gasteiger partial charge on any atom is 0.408 e. The van der Waals surface area contributed by atoms with E-state index in [0.717, 1.165) is 5.56 Å². The first-order valence-corrected chi connectivity index (χ1v) is 6.27. The summed E-state index contributed by atoms with van der Waals surface area (Å²) in [6.45, 7) is 8.90. The van der Waals surface area contributed by atoms with Crippen molar-refractivity contribution < 1.29 is 14.7 Å². The second kappa shape index (κ2) is 5.43. The lowest BCUT2D eigenvalue weighted by Gasteiger charge is -2.37. The monoisotopic (exact) mass is 263 g/mol. The number of hydrogen-bond acceptors (Lipinski definition) is 2.